The van der Waals surface area contributed by atoms with Crippen LogP contribution in [0.3, 0.4) is 0 Å². The maximum atomic E-state index is 11.3. The summed E-state index contributed by atoms with van der Waals surface area (Å²) >= 11 is 5.96. The molecule has 0 aliphatic rings. The zero-order valence-corrected chi connectivity index (χ0v) is 13.9. The number of hydrogen-bond acceptors (Lipinski definition) is 2. The van der Waals surface area contributed by atoms with Gasteiger partial charge >= 0.3 is 6.09 Å². The lowest BCUT2D eigenvalue weighted by Crippen LogP contribution is -2.49. The number of aliphatic hydroxyl groups is 1. The van der Waals surface area contributed by atoms with Crippen LogP contribution in [0.1, 0.15) is 39.4 Å². The van der Waals surface area contributed by atoms with Gasteiger partial charge in [0.15, 0.2) is 0 Å². The molecule has 0 fully saturated rings. The Morgan fingerprint density at radius 3 is 2.33 bits per heavy atom. The van der Waals surface area contributed by atoms with Gasteiger partial charge in [-0.15, -0.1) is 0 Å². The van der Waals surface area contributed by atoms with E-state index in [9.17, 15) is 15.0 Å². The molecule has 5 heteroatoms. The van der Waals surface area contributed by atoms with Gasteiger partial charge < -0.3 is 15.1 Å². The van der Waals surface area contributed by atoms with Crippen LogP contribution in [0.5, 0.6) is 0 Å². The van der Waals surface area contributed by atoms with Crippen molar-refractivity contribution in [3.05, 3.63) is 34.9 Å². The van der Waals surface area contributed by atoms with Crippen molar-refractivity contribution in [3.63, 3.8) is 0 Å². The molecule has 3 atom stereocenters. The second kappa shape index (κ2) is 6.67. The third-order valence-electron chi connectivity index (χ3n) is 3.79. The Bertz CT molecular complexity index is 499. The molecule has 0 bridgehead atoms. The standard InChI is InChI=1S/C16H24ClNO3/c1-10(13(19)11-7-6-8-12(17)9-11)14(16(2,3)4)18(5)15(20)21/h6-10,13-14,19H,1-5H3,(H,20,21)/t10-,13-,14?/m1/s1. The van der Waals surface area contributed by atoms with Gasteiger partial charge in [-0.25, -0.2) is 4.79 Å². The molecule has 0 heterocycles. The van der Waals surface area contributed by atoms with Crippen LogP contribution in [-0.2, 0) is 0 Å². The van der Waals surface area contributed by atoms with Gasteiger partial charge in [0, 0.05) is 24.0 Å². The number of aliphatic hydroxyl groups excluding tert-OH is 1. The van der Waals surface area contributed by atoms with Crippen LogP contribution < -0.4 is 0 Å². The van der Waals surface area contributed by atoms with Crippen molar-refractivity contribution in [2.45, 2.75) is 39.8 Å². The van der Waals surface area contributed by atoms with Crippen molar-refractivity contribution >= 4 is 17.7 Å². The molecule has 118 valence electrons. The lowest BCUT2D eigenvalue weighted by molar-refractivity contribution is 0.0101. The summed E-state index contributed by atoms with van der Waals surface area (Å²) in [6.45, 7) is 7.77. The first kappa shape index (κ1) is 17.8. The minimum absolute atomic E-state index is 0.274. The first-order valence-corrected chi connectivity index (χ1v) is 7.32. The van der Waals surface area contributed by atoms with E-state index in [2.05, 4.69) is 0 Å². The van der Waals surface area contributed by atoms with Crippen LogP contribution in [-0.4, -0.2) is 34.3 Å². The van der Waals surface area contributed by atoms with E-state index in [4.69, 9.17) is 11.6 Å². The summed E-state index contributed by atoms with van der Waals surface area (Å²) in [7, 11) is 1.54. The zero-order chi connectivity index (χ0) is 16.4. The average Bonchev–Trinajstić information content (AvgIpc) is 2.35. The van der Waals surface area contributed by atoms with Crippen molar-refractivity contribution in [1.29, 1.82) is 0 Å². The van der Waals surface area contributed by atoms with Gasteiger partial charge in [0.2, 0.25) is 0 Å². The summed E-state index contributed by atoms with van der Waals surface area (Å²) in [4.78, 5) is 12.6. The molecule has 1 unspecified atom stereocenters. The fraction of sp³-hybridized carbons (Fsp3) is 0.562. The molecule has 1 aromatic rings. The summed E-state index contributed by atoms with van der Waals surface area (Å²) < 4.78 is 0. The van der Waals surface area contributed by atoms with E-state index in [0.29, 0.717) is 10.6 Å². The molecule has 2 N–H and O–H groups in total. The number of carboxylic acid groups (broad SMARTS) is 1. The van der Waals surface area contributed by atoms with Gasteiger partial charge in [0.05, 0.1) is 6.10 Å². The Morgan fingerprint density at radius 1 is 1.33 bits per heavy atom. The number of nitrogens with zero attached hydrogens (tertiary/aromatic N) is 1. The van der Waals surface area contributed by atoms with Crippen molar-refractivity contribution < 1.29 is 15.0 Å². The molecule has 1 rings (SSSR count). The zero-order valence-electron chi connectivity index (χ0n) is 13.2. The molecule has 0 aliphatic heterocycles. The largest absolute Gasteiger partial charge is 0.465 e. The molecule has 0 saturated heterocycles. The Hall–Kier alpha value is -1.26. The molecule has 0 aromatic heterocycles. The molecular weight excluding hydrogens is 290 g/mol. The molecule has 1 aromatic carbocycles. The van der Waals surface area contributed by atoms with E-state index in [-0.39, 0.29) is 17.4 Å². The van der Waals surface area contributed by atoms with Gasteiger partial charge in [-0.2, -0.15) is 0 Å². The van der Waals surface area contributed by atoms with Crippen LogP contribution in [0.4, 0.5) is 4.79 Å². The number of carbonyl (C=O) groups is 1. The summed E-state index contributed by atoms with van der Waals surface area (Å²) in [5.74, 6) is -0.274. The predicted molar refractivity (Wildman–Crippen MR) is 84.6 cm³/mol. The lowest BCUT2D eigenvalue weighted by Gasteiger charge is -2.42. The highest BCUT2D eigenvalue weighted by molar-refractivity contribution is 6.30. The Labute approximate surface area is 131 Å². The first-order chi connectivity index (χ1) is 9.55. The number of rotatable bonds is 4. The quantitative estimate of drug-likeness (QED) is 0.882. The molecule has 4 nitrogen and oxygen atoms in total. The van der Waals surface area contributed by atoms with Gasteiger partial charge in [-0.1, -0.05) is 51.4 Å². The van der Waals surface area contributed by atoms with Crippen LogP contribution in [0.15, 0.2) is 24.3 Å². The minimum Gasteiger partial charge on any atom is -0.465 e. The van der Waals surface area contributed by atoms with Crippen LogP contribution in [0.2, 0.25) is 5.02 Å². The predicted octanol–water partition coefficient (Wildman–Crippen LogP) is 4.03. The summed E-state index contributed by atoms with van der Waals surface area (Å²) in [5.41, 5.74) is 0.398. The second-order valence-corrected chi connectivity index (χ2v) is 7.00. The van der Waals surface area contributed by atoms with Crippen molar-refractivity contribution in [2.75, 3.05) is 7.05 Å². The molecule has 0 spiro atoms. The van der Waals surface area contributed by atoms with E-state index < -0.39 is 12.2 Å². The topological polar surface area (TPSA) is 60.8 Å². The number of benzene rings is 1. The minimum atomic E-state index is -1.000. The van der Waals surface area contributed by atoms with Crippen LogP contribution in [0, 0.1) is 11.3 Å². The number of hydrogen-bond donors (Lipinski definition) is 2. The molecule has 0 aliphatic carbocycles. The van der Waals surface area contributed by atoms with E-state index >= 15 is 0 Å². The normalized spacial score (nSPS) is 16.1. The Morgan fingerprint density at radius 2 is 1.90 bits per heavy atom. The molecule has 1 amide bonds. The number of halogens is 1. The average molecular weight is 314 g/mol. The maximum absolute atomic E-state index is 11.3. The highest BCUT2D eigenvalue weighted by Gasteiger charge is 2.38. The Balaban J connectivity index is 3.10. The fourth-order valence-electron chi connectivity index (χ4n) is 3.01. The van der Waals surface area contributed by atoms with Crippen LogP contribution >= 0.6 is 11.6 Å². The van der Waals surface area contributed by atoms with Crippen molar-refractivity contribution in [1.82, 2.24) is 4.90 Å². The van der Waals surface area contributed by atoms with Gasteiger partial charge in [-0.3, -0.25) is 0 Å². The monoisotopic (exact) mass is 313 g/mol. The Kier molecular flexibility index (Phi) is 5.65. The van der Waals surface area contributed by atoms with Crippen molar-refractivity contribution in [3.8, 4) is 0 Å². The van der Waals surface area contributed by atoms with E-state index in [1.807, 2.05) is 27.7 Å². The second-order valence-electron chi connectivity index (χ2n) is 6.56. The molecule has 0 saturated carbocycles. The number of amides is 1. The van der Waals surface area contributed by atoms with E-state index in [1.54, 1.807) is 31.3 Å². The van der Waals surface area contributed by atoms with E-state index in [1.165, 1.54) is 4.90 Å². The van der Waals surface area contributed by atoms with Gasteiger partial charge in [-0.05, 0) is 23.1 Å². The molecule has 21 heavy (non-hydrogen) atoms. The maximum Gasteiger partial charge on any atom is 0.407 e. The van der Waals surface area contributed by atoms with E-state index in [0.717, 1.165) is 0 Å². The highest BCUT2D eigenvalue weighted by atomic mass is 35.5. The summed E-state index contributed by atoms with van der Waals surface area (Å²) in [6, 6.07) is 6.70. The highest BCUT2D eigenvalue weighted by Crippen LogP contribution is 2.36. The summed E-state index contributed by atoms with van der Waals surface area (Å²) in [5, 5.41) is 20.4. The van der Waals surface area contributed by atoms with Gasteiger partial charge in [0.1, 0.15) is 0 Å². The molecular formula is C16H24ClNO3. The SMILES string of the molecule is C[C@@H](C(N(C)C(=O)O)C(C)(C)C)[C@@H](O)c1cccc(Cl)c1. The van der Waals surface area contributed by atoms with Crippen molar-refractivity contribution in [2.24, 2.45) is 11.3 Å². The molecule has 0 radical (unpaired) electrons. The van der Waals surface area contributed by atoms with Crippen LogP contribution in [0.25, 0.3) is 0 Å². The third-order valence-corrected chi connectivity index (χ3v) is 4.03. The lowest BCUT2D eigenvalue weighted by atomic mass is 9.75. The fourth-order valence-corrected chi connectivity index (χ4v) is 3.21. The first-order valence-electron chi connectivity index (χ1n) is 6.95. The smallest absolute Gasteiger partial charge is 0.407 e. The van der Waals surface area contributed by atoms with Gasteiger partial charge in [0.25, 0.3) is 0 Å². The third kappa shape index (κ3) is 4.35. The summed E-state index contributed by atoms with van der Waals surface area (Å²) in [6.07, 6.45) is -1.78.